The highest BCUT2D eigenvalue weighted by atomic mass is 16.5. The number of hydrogen-bond donors (Lipinski definition) is 2. The first kappa shape index (κ1) is 18.5. The van der Waals surface area contributed by atoms with Gasteiger partial charge in [-0.1, -0.05) is 19.1 Å². The van der Waals surface area contributed by atoms with Crippen molar-refractivity contribution in [3.05, 3.63) is 29.8 Å². The normalized spacial score (nSPS) is 14.0. The molecule has 1 rings (SSSR count). The summed E-state index contributed by atoms with van der Waals surface area (Å²) >= 11 is 0. The summed E-state index contributed by atoms with van der Waals surface area (Å²) in [5, 5.41) is 13.0. The summed E-state index contributed by atoms with van der Waals surface area (Å²) in [5.74, 6) is 0.652. The highest BCUT2D eigenvalue weighted by Gasteiger charge is 2.19. The van der Waals surface area contributed by atoms with Gasteiger partial charge in [-0.3, -0.25) is 9.69 Å². The Labute approximate surface area is 133 Å². The third-order valence-electron chi connectivity index (χ3n) is 3.40. The van der Waals surface area contributed by atoms with E-state index in [0.717, 1.165) is 17.7 Å². The van der Waals surface area contributed by atoms with Gasteiger partial charge >= 0.3 is 0 Å². The van der Waals surface area contributed by atoms with Gasteiger partial charge in [0.25, 0.3) is 0 Å². The molecule has 5 heteroatoms. The second-order valence-electron chi connectivity index (χ2n) is 5.89. The number of aliphatic hydroxyl groups is 1. The van der Waals surface area contributed by atoms with Crippen LogP contribution in [0.3, 0.4) is 0 Å². The molecule has 22 heavy (non-hydrogen) atoms. The van der Waals surface area contributed by atoms with Gasteiger partial charge in [0, 0.05) is 6.54 Å². The number of carbonyl (C=O) groups excluding carboxylic acids is 1. The van der Waals surface area contributed by atoms with Crippen LogP contribution in [0.5, 0.6) is 5.75 Å². The molecule has 1 amide bonds. The van der Waals surface area contributed by atoms with Crippen LogP contribution in [0.25, 0.3) is 0 Å². The van der Waals surface area contributed by atoms with Crippen molar-refractivity contribution in [3.63, 3.8) is 0 Å². The van der Waals surface area contributed by atoms with Crippen molar-refractivity contribution >= 4 is 5.91 Å². The van der Waals surface area contributed by atoms with E-state index in [1.807, 2.05) is 58.0 Å². The number of nitrogens with one attached hydrogen (secondary N) is 1. The Morgan fingerprint density at radius 3 is 2.59 bits per heavy atom. The molecule has 0 bridgehead atoms. The first-order valence-electron chi connectivity index (χ1n) is 7.74. The van der Waals surface area contributed by atoms with Gasteiger partial charge in [0.1, 0.15) is 5.75 Å². The molecular weight excluding hydrogens is 280 g/mol. The smallest absolute Gasteiger partial charge is 0.237 e. The number of ether oxygens (including phenoxy) is 1. The molecule has 0 aromatic heterocycles. The summed E-state index contributed by atoms with van der Waals surface area (Å²) in [7, 11) is 3.74. The summed E-state index contributed by atoms with van der Waals surface area (Å²) in [6, 6.07) is 7.15. The van der Waals surface area contributed by atoms with Gasteiger partial charge in [0.2, 0.25) is 5.91 Å². The quantitative estimate of drug-likeness (QED) is 0.771. The first-order chi connectivity index (χ1) is 10.3. The van der Waals surface area contributed by atoms with Gasteiger partial charge in [-0.15, -0.1) is 0 Å². The molecule has 0 aliphatic heterocycles. The summed E-state index contributed by atoms with van der Waals surface area (Å²) < 4.78 is 5.61. The second-order valence-corrected chi connectivity index (χ2v) is 5.89. The molecule has 0 heterocycles. The number of hydrogen-bond acceptors (Lipinski definition) is 4. The molecule has 5 nitrogen and oxygen atoms in total. The Morgan fingerprint density at radius 2 is 2.05 bits per heavy atom. The van der Waals surface area contributed by atoms with E-state index in [1.54, 1.807) is 6.07 Å². The largest absolute Gasteiger partial charge is 0.491 e. The third-order valence-corrected chi connectivity index (χ3v) is 3.40. The molecule has 2 atom stereocenters. The first-order valence-corrected chi connectivity index (χ1v) is 7.74. The van der Waals surface area contributed by atoms with E-state index >= 15 is 0 Å². The zero-order valence-corrected chi connectivity index (χ0v) is 14.2. The lowest BCUT2D eigenvalue weighted by Crippen LogP contribution is -2.44. The van der Waals surface area contributed by atoms with Crippen molar-refractivity contribution in [2.75, 3.05) is 20.6 Å². The van der Waals surface area contributed by atoms with Crippen molar-refractivity contribution in [2.45, 2.75) is 45.4 Å². The molecule has 0 spiro atoms. The van der Waals surface area contributed by atoms with Crippen LogP contribution in [0.2, 0.25) is 0 Å². The van der Waals surface area contributed by atoms with Crippen LogP contribution >= 0.6 is 0 Å². The average Bonchev–Trinajstić information content (AvgIpc) is 2.44. The Balaban J connectivity index is 2.61. The molecule has 124 valence electrons. The van der Waals surface area contributed by atoms with Crippen molar-refractivity contribution in [1.29, 1.82) is 0 Å². The minimum atomic E-state index is -0.751. The maximum Gasteiger partial charge on any atom is 0.237 e. The highest BCUT2D eigenvalue weighted by Crippen LogP contribution is 2.20. The van der Waals surface area contributed by atoms with Crippen molar-refractivity contribution in [2.24, 2.45) is 0 Å². The Morgan fingerprint density at radius 1 is 1.36 bits per heavy atom. The van der Waals surface area contributed by atoms with Gasteiger partial charge in [0.05, 0.1) is 18.2 Å². The maximum atomic E-state index is 12.1. The van der Waals surface area contributed by atoms with Gasteiger partial charge in [-0.25, -0.2) is 0 Å². The molecule has 0 saturated heterocycles. The lowest BCUT2D eigenvalue weighted by atomic mass is 10.1. The zero-order valence-electron chi connectivity index (χ0n) is 14.2. The summed E-state index contributed by atoms with van der Waals surface area (Å²) in [6.45, 7) is 6.06. The standard InChI is InChI=1S/C17H28N2O3/c1-6-15(19(4)5)17(21)18-11-16(20)13-8-7-9-14(10-13)22-12(2)3/h7-10,12,15-16,20H,6,11H2,1-5H3,(H,18,21). The molecule has 0 saturated carbocycles. The fourth-order valence-electron chi connectivity index (χ4n) is 2.29. The Bertz CT molecular complexity index is 475. The SMILES string of the molecule is CCC(C(=O)NCC(O)c1cccc(OC(C)C)c1)N(C)C. The van der Waals surface area contributed by atoms with Crippen LogP contribution in [0, 0.1) is 0 Å². The molecule has 1 aromatic rings. The van der Waals surface area contributed by atoms with Gasteiger partial charge in [-0.05, 0) is 52.1 Å². The molecule has 0 aliphatic rings. The van der Waals surface area contributed by atoms with Gasteiger partial charge < -0.3 is 15.2 Å². The highest BCUT2D eigenvalue weighted by molar-refractivity contribution is 5.81. The summed E-state index contributed by atoms with van der Waals surface area (Å²) in [4.78, 5) is 13.9. The van der Waals surface area contributed by atoms with Crippen LogP contribution in [-0.2, 0) is 4.79 Å². The van der Waals surface area contributed by atoms with E-state index in [1.165, 1.54) is 0 Å². The van der Waals surface area contributed by atoms with Gasteiger partial charge in [0.15, 0.2) is 0 Å². The fraction of sp³-hybridized carbons (Fsp3) is 0.588. The minimum Gasteiger partial charge on any atom is -0.491 e. The molecule has 0 aliphatic carbocycles. The molecule has 1 aromatic carbocycles. The number of likely N-dealkylation sites (N-methyl/N-ethyl adjacent to an activating group) is 1. The van der Waals surface area contributed by atoms with Crippen molar-refractivity contribution in [1.82, 2.24) is 10.2 Å². The maximum absolute atomic E-state index is 12.1. The number of carbonyl (C=O) groups is 1. The number of aliphatic hydroxyl groups excluding tert-OH is 1. The average molecular weight is 308 g/mol. The summed E-state index contributed by atoms with van der Waals surface area (Å²) in [5.41, 5.74) is 0.733. The van der Waals surface area contributed by atoms with Crippen LogP contribution in [0.1, 0.15) is 38.9 Å². The Hall–Kier alpha value is -1.59. The molecule has 0 radical (unpaired) electrons. The number of benzene rings is 1. The lowest BCUT2D eigenvalue weighted by molar-refractivity contribution is -0.126. The fourth-order valence-corrected chi connectivity index (χ4v) is 2.29. The molecule has 2 unspecified atom stereocenters. The molecule has 2 N–H and O–H groups in total. The minimum absolute atomic E-state index is 0.0684. The third kappa shape index (κ3) is 5.66. The van der Waals surface area contributed by atoms with Crippen LogP contribution < -0.4 is 10.1 Å². The van der Waals surface area contributed by atoms with Gasteiger partial charge in [-0.2, -0.15) is 0 Å². The van der Waals surface area contributed by atoms with Crippen molar-refractivity contribution < 1.29 is 14.6 Å². The van der Waals surface area contributed by atoms with E-state index in [4.69, 9.17) is 4.74 Å². The van der Waals surface area contributed by atoms with Crippen LogP contribution in [-0.4, -0.2) is 48.7 Å². The van der Waals surface area contributed by atoms with Crippen LogP contribution in [0.15, 0.2) is 24.3 Å². The van der Waals surface area contributed by atoms with E-state index in [-0.39, 0.29) is 24.6 Å². The van der Waals surface area contributed by atoms with E-state index < -0.39 is 6.10 Å². The number of rotatable bonds is 8. The number of nitrogens with zero attached hydrogens (tertiary/aromatic N) is 1. The predicted octanol–water partition coefficient (Wildman–Crippen LogP) is 1.96. The second kappa shape index (κ2) is 8.76. The summed E-state index contributed by atoms with van der Waals surface area (Å²) in [6.07, 6.45) is 0.0592. The monoisotopic (exact) mass is 308 g/mol. The van der Waals surface area contributed by atoms with Crippen LogP contribution in [0.4, 0.5) is 0 Å². The zero-order chi connectivity index (χ0) is 16.7. The number of amides is 1. The predicted molar refractivity (Wildman–Crippen MR) is 87.9 cm³/mol. The Kier molecular flexibility index (Phi) is 7.35. The molecular formula is C17H28N2O3. The van der Waals surface area contributed by atoms with Crippen molar-refractivity contribution in [3.8, 4) is 5.75 Å². The van der Waals surface area contributed by atoms with E-state index in [9.17, 15) is 9.90 Å². The van der Waals surface area contributed by atoms with E-state index in [2.05, 4.69) is 5.32 Å². The lowest BCUT2D eigenvalue weighted by Gasteiger charge is -2.23. The molecule has 0 fully saturated rings. The topological polar surface area (TPSA) is 61.8 Å². The van der Waals surface area contributed by atoms with E-state index in [0.29, 0.717) is 0 Å².